The average molecular weight is 336 g/mol. The van der Waals surface area contributed by atoms with Crippen LogP contribution in [0.1, 0.15) is 11.1 Å². The second-order valence-corrected chi connectivity index (χ2v) is 4.98. The molecule has 1 aromatic carbocycles. The van der Waals surface area contributed by atoms with Crippen molar-refractivity contribution in [2.75, 3.05) is 25.1 Å². The molecule has 0 fully saturated rings. The minimum Gasteiger partial charge on any atom is -0.493 e. The fraction of sp³-hybridized carbons (Fsp3) is 0.333. The first-order valence-electron chi connectivity index (χ1n) is 7.06. The third-order valence-corrected chi connectivity index (χ3v) is 3.36. The molecule has 24 heavy (non-hydrogen) atoms. The monoisotopic (exact) mass is 336 g/mol. The summed E-state index contributed by atoms with van der Waals surface area (Å²) in [5, 5.41) is 13.5. The van der Waals surface area contributed by atoms with Gasteiger partial charge in [-0.1, -0.05) is 6.07 Å². The van der Waals surface area contributed by atoms with Gasteiger partial charge in [0.2, 0.25) is 5.76 Å². The van der Waals surface area contributed by atoms with Crippen LogP contribution in [0.15, 0.2) is 24.2 Å². The number of carbonyl (C=O) groups is 2. The maximum Gasteiger partial charge on any atom is 0.377 e. The Bertz CT molecular complexity index is 712. The molecule has 1 aliphatic rings. The van der Waals surface area contributed by atoms with E-state index in [0.717, 1.165) is 11.8 Å². The van der Waals surface area contributed by atoms with Crippen LogP contribution in [-0.4, -0.2) is 36.6 Å². The summed E-state index contributed by atoms with van der Waals surface area (Å²) < 4.78 is 14.7. The zero-order valence-electron chi connectivity index (χ0n) is 13.2. The molecule has 9 heteroatoms. The highest BCUT2D eigenvalue weighted by atomic mass is 16.6. The Hall–Kier alpha value is -3.10. The Morgan fingerprint density at radius 1 is 1.33 bits per heavy atom. The number of carbonyl (C=O) groups excluding carboxylic acids is 2. The molecule has 0 saturated heterocycles. The van der Waals surface area contributed by atoms with Crippen LogP contribution in [0.2, 0.25) is 0 Å². The van der Waals surface area contributed by atoms with E-state index in [9.17, 15) is 19.7 Å². The number of aryl methyl sites for hydroxylation is 1. The maximum absolute atomic E-state index is 11.9. The first-order chi connectivity index (χ1) is 11.4. The molecule has 0 aromatic heterocycles. The Kier molecular flexibility index (Phi) is 5.35. The highest BCUT2D eigenvalue weighted by molar-refractivity contribution is 5.97. The van der Waals surface area contributed by atoms with E-state index in [0.29, 0.717) is 12.2 Å². The van der Waals surface area contributed by atoms with Gasteiger partial charge in [-0.3, -0.25) is 14.9 Å². The quantitative estimate of drug-likeness (QED) is 0.493. The van der Waals surface area contributed by atoms with E-state index < -0.39 is 23.4 Å². The van der Waals surface area contributed by atoms with Crippen molar-refractivity contribution in [3.05, 3.63) is 45.4 Å². The van der Waals surface area contributed by atoms with Gasteiger partial charge >= 0.3 is 5.97 Å². The number of amides is 1. The van der Waals surface area contributed by atoms with Gasteiger partial charge in [-0.25, -0.2) is 4.79 Å². The number of hydrogen-bond donors (Lipinski definition) is 1. The number of benzene rings is 1. The van der Waals surface area contributed by atoms with Gasteiger partial charge in [0, 0.05) is 6.07 Å². The number of rotatable bonds is 5. The second-order valence-electron chi connectivity index (χ2n) is 4.98. The number of anilines is 1. The zero-order valence-corrected chi connectivity index (χ0v) is 13.2. The van der Waals surface area contributed by atoms with Crippen molar-refractivity contribution in [3.63, 3.8) is 0 Å². The summed E-state index contributed by atoms with van der Waals surface area (Å²) in [5.41, 5.74) is 1.20. The lowest BCUT2D eigenvalue weighted by molar-refractivity contribution is -0.384. The smallest absolute Gasteiger partial charge is 0.377 e. The summed E-state index contributed by atoms with van der Waals surface area (Å²) >= 11 is 0. The molecule has 128 valence electrons. The summed E-state index contributed by atoms with van der Waals surface area (Å²) in [4.78, 5) is 34.1. The van der Waals surface area contributed by atoms with E-state index in [1.807, 2.05) is 0 Å². The number of hydrogen-bond acceptors (Lipinski definition) is 7. The number of ether oxygens (including phenoxy) is 3. The Labute approximate surface area is 137 Å². The fourth-order valence-electron chi connectivity index (χ4n) is 1.96. The van der Waals surface area contributed by atoms with Crippen molar-refractivity contribution in [1.29, 1.82) is 0 Å². The molecule has 1 N–H and O–H groups in total. The summed E-state index contributed by atoms with van der Waals surface area (Å²) in [7, 11) is 0. The highest BCUT2D eigenvalue weighted by Gasteiger charge is 2.21. The molecule has 0 bridgehead atoms. The van der Waals surface area contributed by atoms with Crippen LogP contribution < -0.4 is 5.32 Å². The first kappa shape index (κ1) is 17.3. The topological polar surface area (TPSA) is 117 Å². The van der Waals surface area contributed by atoms with Gasteiger partial charge in [-0.05, 0) is 25.0 Å². The summed E-state index contributed by atoms with van der Waals surface area (Å²) in [6.07, 6.45) is 1.11. The minimum absolute atomic E-state index is 0.0810. The van der Waals surface area contributed by atoms with E-state index >= 15 is 0 Å². The molecule has 0 aliphatic carbocycles. The Morgan fingerprint density at radius 2 is 2.08 bits per heavy atom. The number of nitrogens with one attached hydrogen (secondary N) is 1. The van der Waals surface area contributed by atoms with Crippen molar-refractivity contribution in [2.24, 2.45) is 0 Å². The molecule has 1 aromatic rings. The fourth-order valence-corrected chi connectivity index (χ4v) is 1.96. The molecule has 2 rings (SSSR count). The number of esters is 1. The number of nitro groups is 1. The lowest BCUT2D eigenvalue weighted by atomic mass is 10.1. The molecule has 1 aliphatic heterocycles. The van der Waals surface area contributed by atoms with Crippen LogP contribution in [0.4, 0.5) is 11.4 Å². The number of nitrogens with zero attached hydrogens (tertiary/aromatic N) is 1. The summed E-state index contributed by atoms with van der Waals surface area (Å²) in [5.74, 6) is -1.68. The summed E-state index contributed by atoms with van der Waals surface area (Å²) in [6.45, 7) is 3.35. The molecular weight excluding hydrogens is 320 g/mol. The minimum atomic E-state index is -0.847. The third-order valence-electron chi connectivity index (χ3n) is 3.36. The van der Waals surface area contributed by atoms with E-state index in [-0.39, 0.29) is 23.7 Å². The molecule has 9 nitrogen and oxygen atoms in total. The predicted octanol–water partition coefficient (Wildman–Crippen LogP) is 1.58. The highest BCUT2D eigenvalue weighted by Crippen LogP contribution is 2.30. The van der Waals surface area contributed by atoms with Crippen LogP contribution in [0.3, 0.4) is 0 Å². The lowest BCUT2D eigenvalue weighted by Gasteiger charge is -2.14. The zero-order chi connectivity index (χ0) is 17.7. The van der Waals surface area contributed by atoms with E-state index in [4.69, 9.17) is 14.2 Å². The molecule has 0 spiro atoms. The lowest BCUT2D eigenvalue weighted by Crippen LogP contribution is -2.24. The molecular formula is C15H16N2O7. The molecule has 0 unspecified atom stereocenters. The van der Waals surface area contributed by atoms with Crippen molar-refractivity contribution >= 4 is 23.3 Å². The van der Waals surface area contributed by atoms with Gasteiger partial charge in [0.15, 0.2) is 6.61 Å². The van der Waals surface area contributed by atoms with Crippen LogP contribution >= 0.6 is 0 Å². The van der Waals surface area contributed by atoms with Crippen LogP contribution in [-0.2, 0) is 23.8 Å². The molecule has 0 radical (unpaired) electrons. The molecule has 1 amide bonds. The maximum atomic E-state index is 11.9. The molecule has 0 saturated carbocycles. The molecule has 1 heterocycles. The van der Waals surface area contributed by atoms with Gasteiger partial charge in [0.25, 0.3) is 11.6 Å². The predicted molar refractivity (Wildman–Crippen MR) is 82.1 cm³/mol. The van der Waals surface area contributed by atoms with Gasteiger partial charge in [-0.15, -0.1) is 0 Å². The average Bonchev–Trinajstić information content (AvgIpc) is 2.57. The first-order valence-corrected chi connectivity index (χ1v) is 7.06. The normalized spacial score (nSPS) is 13.2. The van der Waals surface area contributed by atoms with Crippen LogP contribution in [0.5, 0.6) is 0 Å². The second kappa shape index (κ2) is 7.44. The summed E-state index contributed by atoms with van der Waals surface area (Å²) in [6, 6.07) is 2.90. The van der Waals surface area contributed by atoms with E-state index in [1.165, 1.54) is 6.07 Å². The van der Waals surface area contributed by atoms with Crippen LogP contribution in [0.25, 0.3) is 0 Å². The van der Waals surface area contributed by atoms with Crippen molar-refractivity contribution in [1.82, 2.24) is 0 Å². The third kappa shape index (κ3) is 4.00. The van der Waals surface area contributed by atoms with Crippen molar-refractivity contribution in [2.45, 2.75) is 13.8 Å². The van der Waals surface area contributed by atoms with Gasteiger partial charge in [0.05, 0.1) is 4.92 Å². The SMILES string of the molecule is Cc1ccc([N+](=O)[O-])c(NC(=O)COC(=O)C2=COCCO2)c1C. The largest absolute Gasteiger partial charge is 0.493 e. The van der Waals surface area contributed by atoms with Gasteiger partial charge in [-0.2, -0.15) is 0 Å². The standard InChI is InChI=1S/C15H16N2O7/c1-9-3-4-11(17(20)21)14(10(9)2)16-13(18)8-24-15(19)12-7-22-5-6-23-12/h3-4,7H,5-6,8H2,1-2H3,(H,16,18). The van der Waals surface area contributed by atoms with Crippen molar-refractivity contribution < 1.29 is 28.7 Å². The Morgan fingerprint density at radius 3 is 2.71 bits per heavy atom. The number of nitro benzene ring substituents is 1. The van der Waals surface area contributed by atoms with Gasteiger partial charge in [0.1, 0.15) is 25.2 Å². The van der Waals surface area contributed by atoms with E-state index in [1.54, 1.807) is 19.9 Å². The van der Waals surface area contributed by atoms with Crippen molar-refractivity contribution in [3.8, 4) is 0 Å². The molecule has 0 atom stereocenters. The van der Waals surface area contributed by atoms with Crippen LogP contribution in [0, 0.1) is 24.0 Å². The van der Waals surface area contributed by atoms with E-state index in [2.05, 4.69) is 5.32 Å². The van der Waals surface area contributed by atoms with Gasteiger partial charge < -0.3 is 19.5 Å². The Balaban J connectivity index is 2.02.